The maximum atomic E-state index is 13.2. The van der Waals surface area contributed by atoms with E-state index in [2.05, 4.69) is 4.74 Å². The highest BCUT2D eigenvalue weighted by atomic mass is 19.1. The Morgan fingerprint density at radius 2 is 2.28 bits per heavy atom. The van der Waals surface area contributed by atoms with E-state index < -0.39 is 34.4 Å². The van der Waals surface area contributed by atoms with E-state index in [0.717, 1.165) is 12.1 Å². The second kappa shape index (κ2) is 5.72. The Bertz CT molecular complexity index is 537. The molecule has 0 aliphatic rings. The van der Waals surface area contributed by atoms with E-state index >= 15 is 0 Å². The van der Waals surface area contributed by atoms with E-state index in [-0.39, 0.29) is 12.2 Å². The Hall–Kier alpha value is -2.49. The van der Waals surface area contributed by atoms with Gasteiger partial charge in [-0.15, -0.1) is 0 Å². The predicted molar refractivity (Wildman–Crippen MR) is 58.1 cm³/mol. The maximum absolute atomic E-state index is 13.2. The van der Waals surface area contributed by atoms with Gasteiger partial charge in [0.2, 0.25) is 0 Å². The molecular formula is C11H9FN2O4. The molecule has 1 aromatic rings. The summed E-state index contributed by atoms with van der Waals surface area (Å²) in [6.07, 6.45) is -0.448. The molecule has 18 heavy (non-hydrogen) atoms. The number of esters is 1. The molecular weight excluding hydrogens is 243 g/mol. The lowest BCUT2D eigenvalue weighted by Crippen LogP contribution is -2.10. The van der Waals surface area contributed by atoms with Crippen LogP contribution in [0.25, 0.3) is 0 Å². The van der Waals surface area contributed by atoms with E-state index in [9.17, 15) is 19.3 Å². The zero-order chi connectivity index (χ0) is 13.7. The van der Waals surface area contributed by atoms with Gasteiger partial charge < -0.3 is 4.74 Å². The van der Waals surface area contributed by atoms with Gasteiger partial charge in [0.05, 0.1) is 18.0 Å². The Kier molecular flexibility index (Phi) is 4.32. The lowest BCUT2D eigenvalue weighted by atomic mass is 10.0. The molecule has 1 aromatic carbocycles. The topological polar surface area (TPSA) is 93.2 Å². The van der Waals surface area contributed by atoms with Crippen molar-refractivity contribution >= 4 is 11.7 Å². The molecule has 0 saturated carbocycles. The van der Waals surface area contributed by atoms with E-state index in [0.29, 0.717) is 0 Å². The van der Waals surface area contributed by atoms with Gasteiger partial charge >= 0.3 is 5.97 Å². The van der Waals surface area contributed by atoms with Crippen LogP contribution in [0.5, 0.6) is 0 Å². The maximum Gasteiger partial charge on any atom is 0.310 e. The van der Waals surface area contributed by atoms with Crippen LogP contribution in [0.3, 0.4) is 0 Å². The number of hydrogen-bond acceptors (Lipinski definition) is 5. The number of carbonyl (C=O) groups is 1. The van der Waals surface area contributed by atoms with Crippen molar-refractivity contribution in [3.63, 3.8) is 0 Å². The van der Waals surface area contributed by atoms with Gasteiger partial charge in [0, 0.05) is 5.56 Å². The highest BCUT2D eigenvalue weighted by Crippen LogP contribution is 2.25. The monoisotopic (exact) mass is 252 g/mol. The van der Waals surface area contributed by atoms with Crippen LogP contribution >= 0.6 is 0 Å². The first-order valence-electron chi connectivity index (χ1n) is 5.02. The van der Waals surface area contributed by atoms with Crippen molar-refractivity contribution in [2.75, 3.05) is 6.61 Å². The van der Waals surface area contributed by atoms with Crippen LogP contribution < -0.4 is 0 Å². The first-order valence-corrected chi connectivity index (χ1v) is 5.02. The van der Waals surface area contributed by atoms with E-state index in [4.69, 9.17) is 5.26 Å². The molecule has 1 rings (SSSR count). The molecule has 0 amide bonds. The van der Waals surface area contributed by atoms with Crippen molar-refractivity contribution in [3.8, 4) is 6.07 Å². The summed E-state index contributed by atoms with van der Waals surface area (Å²) in [5.41, 5.74) is -1.15. The molecule has 0 aromatic heterocycles. The molecule has 0 saturated heterocycles. The largest absolute Gasteiger partial charge is 0.466 e. The molecule has 0 aliphatic carbocycles. The minimum absolute atomic E-state index is 0.118. The standard InChI is InChI=1S/C11H9FN2O4/c1-2-18-10(15)5-7-3-9(12)4-8(6-13)11(7)14(16)17/h3-4H,2,5H2,1H3. The predicted octanol–water partition coefficient (Wildman–Crippen LogP) is 1.71. The number of hydrogen-bond donors (Lipinski definition) is 0. The molecule has 0 atom stereocenters. The Balaban J connectivity index is 3.25. The van der Waals surface area contributed by atoms with E-state index in [1.165, 1.54) is 6.07 Å². The number of rotatable bonds is 4. The SMILES string of the molecule is CCOC(=O)Cc1cc(F)cc(C#N)c1[N+](=O)[O-]. The molecule has 0 unspecified atom stereocenters. The number of ether oxygens (including phenoxy) is 1. The number of nitrogens with zero attached hydrogens (tertiary/aromatic N) is 2. The number of nitro benzene ring substituents is 1. The highest BCUT2D eigenvalue weighted by molar-refractivity contribution is 5.75. The molecule has 0 bridgehead atoms. The number of nitriles is 1. The van der Waals surface area contributed by atoms with E-state index in [1.807, 2.05) is 0 Å². The van der Waals surface area contributed by atoms with Gasteiger partial charge in [-0.1, -0.05) is 0 Å². The second-order valence-electron chi connectivity index (χ2n) is 3.31. The lowest BCUT2D eigenvalue weighted by Gasteiger charge is -2.04. The summed E-state index contributed by atoms with van der Waals surface area (Å²) >= 11 is 0. The molecule has 6 nitrogen and oxygen atoms in total. The summed E-state index contributed by atoms with van der Waals surface area (Å²) in [7, 11) is 0. The normalized spacial score (nSPS) is 9.61. The fourth-order valence-electron chi connectivity index (χ4n) is 1.46. The third-order valence-corrected chi connectivity index (χ3v) is 2.10. The van der Waals surface area contributed by atoms with Crippen molar-refractivity contribution in [1.29, 1.82) is 5.26 Å². The minimum Gasteiger partial charge on any atom is -0.466 e. The summed E-state index contributed by atoms with van der Waals surface area (Å²) in [6, 6.07) is 3.14. The quantitative estimate of drug-likeness (QED) is 0.462. The first kappa shape index (κ1) is 13.6. The number of halogens is 1. The van der Waals surface area contributed by atoms with Crippen molar-refractivity contribution in [1.82, 2.24) is 0 Å². The van der Waals surface area contributed by atoms with Gasteiger partial charge in [0.1, 0.15) is 17.4 Å². The molecule has 0 N–H and O–H groups in total. The highest BCUT2D eigenvalue weighted by Gasteiger charge is 2.23. The van der Waals surface area contributed by atoms with Crippen LogP contribution in [-0.4, -0.2) is 17.5 Å². The Labute approximate surface area is 102 Å². The fourth-order valence-corrected chi connectivity index (χ4v) is 1.46. The van der Waals surface area contributed by atoms with Gasteiger partial charge in [-0.25, -0.2) is 4.39 Å². The zero-order valence-electron chi connectivity index (χ0n) is 9.47. The molecule has 0 spiro atoms. The van der Waals surface area contributed by atoms with Gasteiger partial charge in [0.15, 0.2) is 0 Å². The zero-order valence-corrected chi connectivity index (χ0v) is 9.47. The number of nitro groups is 1. The Morgan fingerprint density at radius 1 is 1.61 bits per heavy atom. The van der Waals surface area contributed by atoms with Crippen molar-refractivity contribution in [2.45, 2.75) is 13.3 Å². The van der Waals surface area contributed by atoms with Crippen LogP contribution in [0.4, 0.5) is 10.1 Å². The number of carbonyl (C=O) groups excluding carboxylic acids is 1. The minimum atomic E-state index is -0.813. The first-order chi connectivity index (χ1) is 8.49. The van der Waals surface area contributed by atoms with Gasteiger partial charge in [-0.2, -0.15) is 5.26 Å². The molecule has 0 aliphatic heterocycles. The van der Waals surface area contributed by atoms with Gasteiger partial charge in [-0.05, 0) is 19.1 Å². The van der Waals surface area contributed by atoms with Crippen LogP contribution in [0, 0.1) is 27.3 Å². The summed E-state index contributed by atoms with van der Waals surface area (Å²) in [4.78, 5) is 21.3. The third-order valence-electron chi connectivity index (χ3n) is 2.10. The molecule has 7 heteroatoms. The van der Waals surface area contributed by atoms with E-state index in [1.54, 1.807) is 6.92 Å². The summed E-state index contributed by atoms with van der Waals surface area (Å²) < 4.78 is 17.8. The summed E-state index contributed by atoms with van der Waals surface area (Å²) in [5, 5.41) is 19.5. The summed E-state index contributed by atoms with van der Waals surface area (Å²) in [6.45, 7) is 1.70. The van der Waals surface area contributed by atoms with Crippen LogP contribution in [0.15, 0.2) is 12.1 Å². The van der Waals surface area contributed by atoms with Crippen LogP contribution in [0.1, 0.15) is 18.1 Å². The number of benzene rings is 1. The molecule has 0 heterocycles. The third kappa shape index (κ3) is 3.01. The van der Waals surface area contributed by atoms with Crippen molar-refractivity contribution in [2.24, 2.45) is 0 Å². The molecule has 0 fully saturated rings. The molecule has 94 valence electrons. The average Bonchev–Trinajstić information content (AvgIpc) is 2.27. The second-order valence-corrected chi connectivity index (χ2v) is 3.31. The van der Waals surface area contributed by atoms with Crippen molar-refractivity contribution in [3.05, 3.63) is 39.2 Å². The summed E-state index contributed by atoms with van der Waals surface area (Å²) in [5.74, 6) is -1.52. The van der Waals surface area contributed by atoms with Crippen LogP contribution in [0.2, 0.25) is 0 Å². The molecule has 0 radical (unpaired) electrons. The average molecular weight is 252 g/mol. The Morgan fingerprint density at radius 3 is 2.78 bits per heavy atom. The van der Waals surface area contributed by atoms with Gasteiger partial charge in [-0.3, -0.25) is 14.9 Å². The van der Waals surface area contributed by atoms with Crippen molar-refractivity contribution < 1.29 is 18.8 Å². The van der Waals surface area contributed by atoms with Crippen LogP contribution in [-0.2, 0) is 16.0 Å². The fraction of sp³-hybridized carbons (Fsp3) is 0.273. The smallest absolute Gasteiger partial charge is 0.310 e. The van der Waals surface area contributed by atoms with Gasteiger partial charge in [0.25, 0.3) is 5.69 Å². The lowest BCUT2D eigenvalue weighted by molar-refractivity contribution is -0.385.